The minimum absolute atomic E-state index is 0.116. The number of anilines is 2. The molecule has 21 heavy (non-hydrogen) atoms. The molecule has 7 heteroatoms. The average Bonchev–Trinajstić information content (AvgIpc) is 2.47. The second-order valence-electron chi connectivity index (χ2n) is 4.65. The summed E-state index contributed by atoms with van der Waals surface area (Å²) in [7, 11) is 1.59. The Morgan fingerprint density at radius 3 is 3.00 bits per heavy atom. The van der Waals surface area contributed by atoms with Gasteiger partial charge < -0.3 is 21.1 Å². The molecule has 0 aliphatic heterocycles. The largest absolute Gasteiger partial charge is 0.399 e. The Balaban J connectivity index is 2.10. The molecule has 1 atom stereocenters. The molecule has 2 rings (SSSR count). The quantitative estimate of drug-likeness (QED) is 0.536. The van der Waals surface area contributed by atoms with Gasteiger partial charge in [-0.1, -0.05) is 0 Å². The van der Waals surface area contributed by atoms with Crippen molar-refractivity contribution in [3.05, 3.63) is 24.5 Å². The van der Waals surface area contributed by atoms with Crippen molar-refractivity contribution in [3.63, 3.8) is 0 Å². The van der Waals surface area contributed by atoms with Gasteiger partial charge in [0.05, 0.1) is 12.1 Å². The van der Waals surface area contributed by atoms with Crippen LogP contribution < -0.4 is 16.4 Å². The second-order valence-corrected chi connectivity index (χ2v) is 4.65. The van der Waals surface area contributed by atoms with Crippen molar-refractivity contribution in [1.29, 1.82) is 0 Å². The van der Waals surface area contributed by atoms with Gasteiger partial charge in [0.25, 0.3) is 0 Å². The molecule has 1 unspecified atom stereocenters. The first-order chi connectivity index (χ1) is 10.1. The van der Waals surface area contributed by atoms with Crippen LogP contribution in [0.2, 0.25) is 0 Å². The standard InChI is InChI=1S/C14H19N5O2/c1-9(14(20)16-5-6-21-2)19-13-11-4-3-10(15)7-12(11)17-8-18-13/h3-4,7-9H,5-6,15H2,1-2H3,(H,16,20)(H,17,18,19). The highest BCUT2D eigenvalue weighted by atomic mass is 16.5. The zero-order valence-electron chi connectivity index (χ0n) is 12.1. The van der Waals surface area contributed by atoms with Crippen LogP contribution >= 0.6 is 0 Å². The molecule has 0 saturated heterocycles. The van der Waals surface area contributed by atoms with Gasteiger partial charge in [0, 0.05) is 24.7 Å². The van der Waals surface area contributed by atoms with Crippen LogP contribution in [0.5, 0.6) is 0 Å². The van der Waals surface area contributed by atoms with E-state index in [1.165, 1.54) is 6.33 Å². The zero-order valence-corrected chi connectivity index (χ0v) is 12.1. The number of rotatable bonds is 6. The van der Waals surface area contributed by atoms with E-state index in [-0.39, 0.29) is 5.91 Å². The average molecular weight is 289 g/mol. The number of nitrogens with zero attached hydrogens (tertiary/aromatic N) is 2. The molecule has 0 saturated carbocycles. The fraction of sp³-hybridized carbons (Fsp3) is 0.357. The normalized spacial score (nSPS) is 12.1. The molecule has 0 aliphatic carbocycles. The summed E-state index contributed by atoms with van der Waals surface area (Å²) in [6.45, 7) is 2.73. The SMILES string of the molecule is COCCNC(=O)C(C)Nc1ncnc2cc(N)ccc12. The van der Waals surface area contributed by atoms with E-state index in [9.17, 15) is 4.79 Å². The van der Waals surface area contributed by atoms with E-state index in [4.69, 9.17) is 10.5 Å². The van der Waals surface area contributed by atoms with Gasteiger partial charge in [0.1, 0.15) is 18.2 Å². The van der Waals surface area contributed by atoms with E-state index in [1.54, 1.807) is 26.2 Å². The van der Waals surface area contributed by atoms with E-state index in [2.05, 4.69) is 20.6 Å². The predicted molar refractivity (Wildman–Crippen MR) is 81.9 cm³/mol. The van der Waals surface area contributed by atoms with Crippen LogP contribution in [0.25, 0.3) is 10.9 Å². The number of hydrogen-bond donors (Lipinski definition) is 3. The first kappa shape index (κ1) is 15.0. The van der Waals surface area contributed by atoms with Crippen LogP contribution in [-0.2, 0) is 9.53 Å². The minimum Gasteiger partial charge on any atom is -0.399 e. The van der Waals surface area contributed by atoms with Crippen LogP contribution in [0.1, 0.15) is 6.92 Å². The second kappa shape index (κ2) is 6.85. The van der Waals surface area contributed by atoms with Gasteiger partial charge in [-0.25, -0.2) is 9.97 Å². The Morgan fingerprint density at radius 1 is 1.43 bits per heavy atom. The zero-order chi connectivity index (χ0) is 15.2. The number of ether oxygens (including phenoxy) is 1. The van der Waals surface area contributed by atoms with Crippen molar-refractivity contribution in [1.82, 2.24) is 15.3 Å². The van der Waals surface area contributed by atoms with Gasteiger partial charge >= 0.3 is 0 Å². The van der Waals surface area contributed by atoms with E-state index in [0.29, 0.717) is 24.7 Å². The summed E-state index contributed by atoms with van der Waals surface area (Å²) in [5, 5.41) is 6.68. The van der Waals surface area contributed by atoms with Crippen molar-refractivity contribution < 1.29 is 9.53 Å². The van der Waals surface area contributed by atoms with Crippen molar-refractivity contribution in [3.8, 4) is 0 Å². The number of methoxy groups -OCH3 is 1. The van der Waals surface area contributed by atoms with Crippen molar-refractivity contribution >= 4 is 28.3 Å². The number of fused-ring (bicyclic) bond motifs is 1. The lowest BCUT2D eigenvalue weighted by molar-refractivity contribution is -0.121. The fourth-order valence-electron chi connectivity index (χ4n) is 1.89. The molecule has 0 radical (unpaired) electrons. The van der Waals surface area contributed by atoms with Gasteiger partial charge in [-0.2, -0.15) is 0 Å². The Morgan fingerprint density at radius 2 is 2.24 bits per heavy atom. The summed E-state index contributed by atoms with van der Waals surface area (Å²) < 4.78 is 4.89. The molecule has 0 spiro atoms. The molecule has 1 amide bonds. The Labute approximate surface area is 122 Å². The summed E-state index contributed by atoms with van der Waals surface area (Å²) >= 11 is 0. The first-order valence-electron chi connectivity index (χ1n) is 6.65. The number of nitrogen functional groups attached to an aromatic ring is 1. The molecule has 0 bridgehead atoms. The molecule has 0 fully saturated rings. The van der Waals surface area contributed by atoms with Crippen LogP contribution in [0.15, 0.2) is 24.5 Å². The molecule has 112 valence electrons. The molecule has 0 aliphatic rings. The highest BCUT2D eigenvalue weighted by molar-refractivity contribution is 5.93. The monoisotopic (exact) mass is 289 g/mol. The van der Waals surface area contributed by atoms with Gasteiger partial charge in [-0.15, -0.1) is 0 Å². The van der Waals surface area contributed by atoms with Gasteiger partial charge in [-0.05, 0) is 25.1 Å². The molecule has 1 aromatic carbocycles. The minimum atomic E-state index is -0.419. The number of amides is 1. The maximum atomic E-state index is 11.9. The summed E-state index contributed by atoms with van der Waals surface area (Å²) in [6.07, 6.45) is 1.44. The first-order valence-corrected chi connectivity index (χ1v) is 6.65. The van der Waals surface area contributed by atoms with E-state index >= 15 is 0 Å². The Bertz CT molecular complexity index is 632. The Kier molecular flexibility index (Phi) is 4.89. The van der Waals surface area contributed by atoms with E-state index in [0.717, 1.165) is 10.9 Å². The number of carbonyl (C=O) groups is 1. The molecule has 2 aromatic rings. The molecule has 7 nitrogen and oxygen atoms in total. The number of carbonyl (C=O) groups excluding carboxylic acids is 1. The Hall–Kier alpha value is -2.41. The summed E-state index contributed by atoms with van der Waals surface area (Å²) in [5.74, 6) is 0.489. The fourth-order valence-corrected chi connectivity index (χ4v) is 1.89. The third-order valence-electron chi connectivity index (χ3n) is 3.01. The maximum Gasteiger partial charge on any atom is 0.242 e. The predicted octanol–water partition coefficient (Wildman–Crippen LogP) is 0.775. The molecule has 1 aromatic heterocycles. The number of nitrogens with two attached hydrogens (primary N) is 1. The molecular formula is C14H19N5O2. The van der Waals surface area contributed by atoms with Gasteiger partial charge in [-0.3, -0.25) is 4.79 Å². The van der Waals surface area contributed by atoms with E-state index in [1.807, 2.05) is 6.07 Å². The number of benzene rings is 1. The van der Waals surface area contributed by atoms with Crippen LogP contribution in [0.3, 0.4) is 0 Å². The van der Waals surface area contributed by atoms with Crippen molar-refractivity contribution in [2.45, 2.75) is 13.0 Å². The third kappa shape index (κ3) is 3.79. The lowest BCUT2D eigenvalue weighted by atomic mass is 10.2. The van der Waals surface area contributed by atoms with Gasteiger partial charge in [0.2, 0.25) is 5.91 Å². The third-order valence-corrected chi connectivity index (χ3v) is 3.01. The highest BCUT2D eigenvalue weighted by Crippen LogP contribution is 2.21. The highest BCUT2D eigenvalue weighted by Gasteiger charge is 2.14. The smallest absolute Gasteiger partial charge is 0.242 e. The summed E-state index contributed by atoms with van der Waals surface area (Å²) in [6, 6.07) is 4.96. The van der Waals surface area contributed by atoms with Crippen LogP contribution in [0, 0.1) is 0 Å². The molecular weight excluding hydrogens is 270 g/mol. The summed E-state index contributed by atoms with van der Waals surface area (Å²) in [5.41, 5.74) is 7.11. The lowest BCUT2D eigenvalue weighted by Crippen LogP contribution is -2.39. The van der Waals surface area contributed by atoms with Crippen LogP contribution in [-0.4, -0.2) is 42.2 Å². The van der Waals surface area contributed by atoms with Crippen molar-refractivity contribution in [2.24, 2.45) is 0 Å². The van der Waals surface area contributed by atoms with Crippen molar-refractivity contribution in [2.75, 3.05) is 31.3 Å². The lowest BCUT2D eigenvalue weighted by Gasteiger charge is -2.15. The van der Waals surface area contributed by atoms with Gasteiger partial charge in [0.15, 0.2) is 0 Å². The topological polar surface area (TPSA) is 102 Å². The number of nitrogens with one attached hydrogen (secondary N) is 2. The molecule has 4 N–H and O–H groups in total. The number of aromatic nitrogens is 2. The summed E-state index contributed by atoms with van der Waals surface area (Å²) in [4.78, 5) is 20.3. The number of hydrogen-bond acceptors (Lipinski definition) is 6. The maximum absolute atomic E-state index is 11.9. The van der Waals surface area contributed by atoms with E-state index < -0.39 is 6.04 Å². The van der Waals surface area contributed by atoms with Crippen LogP contribution in [0.4, 0.5) is 11.5 Å². The molecule has 1 heterocycles.